The summed E-state index contributed by atoms with van der Waals surface area (Å²) in [4.78, 5) is 3.02. The number of pyridine rings is 1. The van der Waals surface area contributed by atoms with Crippen molar-refractivity contribution in [3.63, 3.8) is 0 Å². The molecule has 4 nitrogen and oxygen atoms in total. The Morgan fingerprint density at radius 1 is 1.12 bits per heavy atom. The highest BCUT2D eigenvalue weighted by Crippen LogP contribution is 2.42. The molecule has 1 aromatic carbocycles. The van der Waals surface area contributed by atoms with Crippen LogP contribution in [0.1, 0.15) is 34.9 Å². The van der Waals surface area contributed by atoms with E-state index in [0.29, 0.717) is 21.9 Å². The quantitative estimate of drug-likeness (QED) is 0.861. The largest absolute Gasteiger partial charge is 0.289 e. The van der Waals surface area contributed by atoms with Crippen molar-refractivity contribution >= 4 is 34.6 Å². The molecule has 0 fully saturated rings. The predicted molar refractivity (Wildman–Crippen MR) is 94.4 cm³/mol. The third-order valence-electron chi connectivity index (χ3n) is 4.23. The highest BCUT2D eigenvalue weighted by atomic mass is 35.5. The average Bonchev–Trinajstić information content (AvgIpc) is 2.81. The van der Waals surface area contributed by atoms with Crippen LogP contribution in [0.3, 0.4) is 0 Å². The summed E-state index contributed by atoms with van der Waals surface area (Å²) in [5, 5.41) is 19.6. The molecule has 24 heavy (non-hydrogen) atoms. The van der Waals surface area contributed by atoms with Gasteiger partial charge in [-0.05, 0) is 54.3 Å². The van der Waals surface area contributed by atoms with Gasteiger partial charge in [0.05, 0.1) is 0 Å². The number of H-pyrrole nitrogens is 1. The number of benzene rings is 1. The van der Waals surface area contributed by atoms with E-state index in [1.165, 1.54) is 0 Å². The highest BCUT2D eigenvalue weighted by Gasteiger charge is 2.32. The fourth-order valence-corrected chi connectivity index (χ4v) is 3.12. The van der Waals surface area contributed by atoms with Gasteiger partial charge >= 0.3 is 0 Å². The lowest BCUT2D eigenvalue weighted by Gasteiger charge is -2.08. The molecule has 116 valence electrons. The number of hydrogen-bond acceptors (Lipinski definition) is 3. The van der Waals surface area contributed by atoms with E-state index in [2.05, 4.69) is 17.1 Å². The van der Waals surface area contributed by atoms with Gasteiger partial charge in [-0.15, -0.1) is 0 Å². The molecule has 0 saturated carbocycles. The van der Waals surface area contributed by atoms with Gasteiger partial charge in [-0.1, -0.05) is 23.7 Å². The summed E-state index contributed by atoms with van der Waals surface area (Å²) in [7, 11) is 0. The van der Waals surface area contributed by atoms with Crippen LogP contribution in [-0.4, -0.2) is 0 Å². The molecule has 3 rings (SSSR count). The zero-order valence-corrected chi connectivity index (χ0v) is 14.0. The number of nitriles is 2. The lowest BCUT2D eigenvalue weighted by molar-refractivity contribution is -0.364. The molecule has 1 aliphatic rings. The number of aromatic nitrogens is 1. The Morgan fingerprint density at radius 3 is 2.38 bits per heavy atom. The summed E-state index contributed by atoms with van der Waals surface area (Å²) >= 11 is 5.94. The fourth-order valence-electron chi connectivity index (χ4n) is 3.00. The van der Waals surface area contributed by atoms with Crippen LogP contribution in [-0.2, 0) is 0 Å². The molecule has 0 aliphatic heterocycles. The first-order valence-corrected chi connectivity index (χ1v) is 7.70. The first-order chi connectivity index (χ1) is 11.5. The summed E-state index contributed by atoms with van der Waals surface area (Å²) in [5.41, 5.74) is 11.9. The molecule has 0 amide bonds. The van der Waals surface area contributed by atoms with Crippen LogP contribution in [0.4, 0.5) is 5.82 Å². The molecule has 0 atom stereocenters. The number of nitrogen functional groups attached to an aromatic ring is 1. The number of nitrogens with zero attached hydrogens (tertiary/aromatic N) is 2. The van der Waals surface area contributed by atoms with Gasteiger partial charge in [0.25, 0.3) is 5.82 Å². The lowest BCUT2D eigenvalue weighted by Crippen LogP contribution is -2.20. The Hall–Kier alpha value is -3.08. The molecule has 1 heterocycles. The van der Waals surface area contributed by atoms with Crippen molar-refractivity contribution in [1.82, 2.24) is 0 Å². The normalized spacial score (nSPS) is 14.5. The van der Waals surface area contributed by atoms with E-state index < -0.39 is 0 Å². The Labute approximate surface area is 145 Å². The zero-order valence-electron chi connectivity index (χ0n) is 13.2. The number of fused-ring (bicyclic) bond motifs is 1. The van der Waals surface area contributed by atoms with E-state index in [4.69, 9.17) is 17.3 Å². The number of anilines is 1. The van der Waals surface area contributed by atoms with Gasteiger partial charge in [0.15, 0.2) is 5.69 Å². The van der Waals surface area contributed by atoms with Gasteiger partial charge in [-0.3, -0.25) is 5.73 Å². The van der Waals surface area contributed by atoms with Crippen LogP contribution in [0.25, 0.3) is 17.2 Å². The molecular weight excluding hydrogens is 320 g/mol. The summed E-state index contributed by atoms with van der Waals surface area (Å²) in [6, 6.07) is 11.8. The molecule has 5 heteroatoms. The van der Waals surface area contributed by atoms with Gasteiger partial charge in [-0.2, -0.15) is 10.5 Å². The summed E-state index contributed by atoms with van der Waals surface area (Å²) < 4.78 is 0. The van der Waals surface area contributed by atoms with Crippen LogP contribution in [0.5, 0.6) is 0 Å². The first kappa shape index (κ1) is 15.8. The monoisotopic (exact) mass is 333 g/mol. The predicted octanol–water partition coefficient (Wildman–Crippen LogP) is 3.77. The Bertz CT molecular complexity index is 1000. The lowest BCUT2D eigenvalue weighted by atomic mass is 9.95. The highest BCUT2D eigenvalue weighted by molar-refractivity contribution is 6.30. The molecule has 0 spiro atoms. The number of rotatable bonds is 1. The van der Waals surface area contributed by atoms with Gasteiger partial charge in [0, 0.05) is 10.6 Å². The van der Waals surface area contributed by atoms with Crippen LogP contribution in [0.2, 0.25) is 5.02 Å². The smallest absolute Gasteiger partial charge is 0.286 e. The van der Waals surface area contributed by atoms with Gasteiger partial charge in [0.2, 0.25) is 0 Å². The van der Waals surface area contributed by atoms with E-state index in [-0.39, 0.29) is 5.82 Å². The SMILES string of the molecule is CC1=C(C#N)c2[nH+]c(N)c(C#N)c(C)c2C1=Cc1ccc(Cl)cc1. The van der Waals surface area contributed by atoms with Crippen LogP contribution >= 0.6 is 11.6 Å². The standard InChI is InChI=1S/C19H13ClN4/c1-10-14(7-12-3-5-13(20)6-4-12)17-11(2)16(9-22)19(23)24-18(17)15(10)8-21/h3-7H,1-2H3,(H2,23,24)/p+1. The minimum Gasteiger partial charge on any atom is -0.286 e. The van der Waals surface area contributed by atoms with Crippen molar-refractivity contribution in [2.45, 2.75) is 13.8 Å². The minimum atomic E-state index is 0.280. The molecule has 0 unspecified atom stereocenters. The molecule has 1 aliphatic carbocycles. The summed E-state index contributed by atoms with van der Waals surface area (Å²) in [5.74, 6) is 0.280. The van der Waals surface area contributed by atoms with E-state index in [9.17, 15) is 10.5 Å². The number of aromatic amines is 1. The van der Waals surface area contributed by atoms with E-state index in [1.807, 2.05) is 44.2 Å². The van der Waals surface area contributed by atoms with Crippen molar-refractivity contribution in [2.24, 2.45) is 0 Å². The topological polar surface area (TPSA) is 87.7 Å². The molecule has 0 saturated heterocycles. The number of allylic oxidation sites excluding steroid dienone is 3. The minimum absolute atomic E-state index is 0.280. The number of hydrogen-bond donors (Lipinski definition) is 1. The van der Waals surface area contributed by atoms with Gasteiger partial charge in [0.1, 0.15) is 23.3 Å². The van der Waals surface area contributed by atoms with Crippen molar-refractivity contribution in [3.05, 3.63) is 62.8 Å². The van der Waals surface area contributed by atoms with Crippen LogP contribution in [0.15, 0.2) is 29.8 Å². The Morgan fingerprint density at radius 2 is 1.79 bits per heavy atom. The van der Waals surface area contributed by atoms with Gasteiger partial charge < -0.3 is 0 Å². The van der Waals surface area contributed by atoms with Crippen molar-refractivity contribution in [3.8, 4) is 12.1 Å². The second-order valence-corrected chi connectivity index (χ2v) is 6.06. The first-order valence-electron chi connectivity index (χ1n) is 7.32. The molecular formula is C19H14ClN4+. The number of nitrogens with two attached hydrogens (primary N) is 1. The third kappa shape index (κ3) is 2.34. The number of halogens is 1. The van der Waals surface area contributed by atoms with Crippen LogP contribution < -0.4 is 10.7 Å². The van der Waals surface area contributed by atoms with E-state index >= 15 is 0 Å². The van der Waals surface area contributed by atoms with Crippen LogP contribution in [0, 0.1) is 29.6 Å². The fraction of sp³-hybridized carbons (Fsp3) is 0.105. The van der Waals surface area contributed by atoms with Crippen molar-refractivity contribution in [1.29, 1.82) is 10.5 Å². The second-order valence-electron chi connectivity index (χ2n) is 5.62. The maximum Gasteiger partial charge on any atom is 0.289 e. The maximum absolute atomic E-state index is 9.53. The Balaban J connectivity index is 2.31. The van der Waals surface area contributed by atoms with Gasteiger partial charge in [-0.25, -0.2) is 4.98 Å². The van der Waals surface area contributed by atoms with Crippen molar-refractivity contribution < 1.29 is 4.98 Å². The Kier molecular flexibility index (Phi) is 3.85. The van der Waals surface area contributed by atoms with E-state index in [0.717, 1.165) is 27.8 Å². The molecule has 2 aromatic rings. The average molecular weight is 334 g/mol. The number of nitrogens with one attached hydrogen (secondary N) is 1. The molecule has 1 aromatic heterocycles. The third-order valence-corrected chi connectivity index (χ3v) is 4.48. The second kappa shape index (κ2) is 5.85. The molecule has 3 N–H and O–H groups in total. The van der Waals surface area contributed by atoms with Crippen molar-refractivity contribution in [2.75, 3.05) is 5.73 Å². The maximum atomic E-state index is 9.53. The summed E-state index contributed by atoms with van der Waals surface area (Å²) in [6.07, 6.45) is 1.99. The van der Waals surface area contributed by atoms with E-state index in [1.54, 1.807) is 0 Å². The summed E-state index contributed by atoms with van der Waals surface area (Å²) in [6.45, 7) is 3.75. The molecule has 0 bridgehead atoms. The molecule has 0 radical (unpaired) electrons. The zero-order chi connectivity index (χ0) is 17.4.